The zero-order valence-electron chi connectivity index (χ0n) is 7.36. The van der Waals surface area contributed by atoms with E-state index in [4.69, 9.17) is 10.3 Å². The summed E-state index contributed by atoms with van der Waals surface area (Å²) in [5.74, 6) is -1.99. The van der Waals surface area contributed by atoms with Crippen molar-refractivity contribution in [2.75, 3.05) is 0 Å². The minimum Gasteiger partial charge on any atom is -0.494 e. The van der Waals surface area contributed by atoms with Crippen molar-refractivity contribution in [3.05, 3.63) is 18.2 Å². The van der Waals surface area contributed by atoms with Gasteiger partial charge in [0.05, 0.1) is 0 Å². The molecule has 0 unspecified atom stereocenters. The predicted octanol–water partition coefficient (Wildman–Crippen LogP) is 0.338. The predicted molar refractivity (Wildman–Crippen MR) is 47.6 cm³/mol. The maximum Gasteiger partial charge on any atom is 0.253 e. The first-order valence-corrected chi connectivity index (χ1v) is 3.95. The molecule has 0 saturated carbocycles. The topological polar surface area (TPSA) is 111 Å². The second-order valence-electron chi connectivity index (χ2n) is 2.91. The third-order valence-corrected chi connectivity index (χ3v) is 1.99. The quantitative estimate of drug-likeness (QED) is 0.437. The number of hydrogen-bond donors (Lipinski definition) is 5. The Morgan fingerprint density at radius 1 is 0.867 bits per heavy atom. The van der Waals surface area contributed by atoms with Gasteiger partial charge in [-0.3, -0.25) is 0 Å². The van der Waals surface area contributed by atoms with Crippen LogP contribution in [0.5, 0.6) is 23.5 Å². The van der Waals surface area contributed by atoms with E-state index in [1.54, 1.807) is 0 Å². The van der Waals surface area contributed by atoms with E-state index in [0.29, 0.717) is 0 Å². The van der Waals surface area contributed by atoms with Crippen molar-refractivity contribution in [2.24, 2.45) is 0 Å². The van der Waals surface area contributed by atoms with E-state index in [1.807, 2.05) is 0 Å². The Labute approximate surface area is 83.3 Å². The van der Waals surface area contributed by atoms with E-state index in [9.17, 15) is 15.3 Å². The lowest BCUT2D eigenvalue weighted by atomic mass is 10.5. The Bertz CT molecular complexity index is 494. The molecule has 0 aliphatic heterocycles. The van der Waals surface area contributed by atoms with Crippen LogP contribution in [0.2, 0.25) is 0 Å². The molecule has 2 rings (SSSR count). The standard InChI is InChI=1S/C8H8N2O5/c11-5-1-2-6(12)9(5)4-3-7(13)10(15)8(4)14/h1-3,11-15H. The summed E-state index contributed by atoms with van der Waals surface area (Å²) >= 11 is 0. The highest BCUT2D eigenvalue weighted by Crippen LogP contribution is 2.35. The minimum absolute atomic E-state index is 0.119. The highest BCUT2D eigenvalue weighted by atomic mass is 16.5. The molecule has 0 spiro atoms. The van der Waals surface area contributed by atoms with Crippen molar-refractivity contribution in [2.45, 2.75) is 0 Å². The molecule has 80 valence electrons. The van der Waals surface area contributed by atoms with E-state index in [-0.39, 0.29) is 22.2 Å². The molecule has 0 atom stereocenters. The Kier molecular flexibility index (Phi) is 1.69. The van der Waals surface area contributed by atoms with Crippen LogP contribution in [-0.2, 0) is 0 Å². The van der Waals surface area contributed by atoms with Crippen molar-refractivity contribution in [3.63, 3.8) is 0 Å². The van der Waals surface area contributed by atoms with E-state index in [1.165, 1.54) is 12.1 Å². The maximum atomic E-state index is 9.35. The van der Waals surface area contributed by atoms with Gasteiger partial charge in [-0.1, -0.05) is 0 Å². The Balaban J connectivity index is 2.69. The zero-order chi connectivity index (χ0) is 11.2. The van der Waals surface area contributed by atoms with Gasteiger partial charge in [-0.2, -0.15) is 0 Å². The van der Waals surface area contributed by atoms with Crippen molar-refractivity contribution in [1.82, 2.24) is 9.30 Å². The normalized spacial score (nSPS) is 10.7. The molecule has 0 radical (unpaired) electrons. The highest BCUT2D eigenvalue weighted by molar-refractivity contribution is 5.52. The van der Waals surface area contributed by atoms with Gasteiger partial charge in [-0.25, -0.2) is 4.57 Å². The molecule has 5 N–H and O–H groups in total. The van der Waals surface area contributed by atoms with Crippen molar-refractivity contribution >= 4 is 0 Å². The Hall–Kier alpha value is -2.44. The summed E-state index contributed by atoms with van der Waals surface area (Å²) in [7, 11) is 0. The molecule has 2 heterocycles. The van der Waals surface area contributed by atoms with Gasteiger partial charge in [-0.15, -0.1) is 4.73 Å². The van der Waals surface area contributed by atoms with E-state index < -0.39 is 11.8 Å². The zero-order valence-corrected chi connectivity index (χ0v) is 7.36. The molecule has 0 amide bonds. The van der Waals surface area contributed by atoms with Gasteiger partial charge in [0.25, 0.3) is 5.88 Å². The van der Waals surface area contributed by atoms with Gasteiger partial charge in [0.2, 0.25) is 5.88 Å². The summed E-state index contributed by atoms with van der Waals surface area (Å²) in [4.78, 5) is 0. The molecule has 2 aromatic heterocycles. The first kappa shape index (κ1) is 9.13. The van der Waals surface area contributed by atoms with Crippen LogP contribution in [0, 0.1) is 0 Å². The number of nitrogens with zero attached hydrogens (tertiary/aromatic N) is 2. The maximum absolute atomic E-state index is 9.35. The van der Waals surface area contributed by atoms with Gasteiger partial charge >= 0.3 is 0 Å². The fourth-order valence-corrected chi connectivity index (χ4v) is 1.29. The summed E-state index contributed by atoms with van der Waals surface area (Å²) in [6, 6.07) is 3.37. The third kappa shape index (κ3) is 1.13. The summed E-state index contributed by atoms with van der Waals surface area (Å²) in [5, 5.41) is 46.1. The lowest BCUT2D eigenvalue weighted by Gasteiger charge is -2.04. The van der Waals surface area contributed by atoms with E-state index in [0.717, 1.165) is 10.6 Å². The first-order valence-electron chi connectivity index (χ1n) is 3.95. The highest BCUT2D eigenvalue weighted by Gasteiger charge is 2.19. The Morgan fingerprint density at radius 3 is 1.80 bits per heavy atom. The molecular weight excluding hydrogens is 204 g/mol. The van der Waals surface area contributed by atoms with Gasteiger partial charge in [0.1, 0.15) is 5.69 Å². The fourth-order valence-electron chi connectivity index (χ4n) is 1.29. The van der Waals surface area contributed by atoms with E-state index >= 15 is 0 Å². The van der Waals surface area contributed by atoms with Gasteiger partial charge < -0.3 is 25.6 Å². The minimum atomic E-state index is -0.700. The lowest BCUT2D eigenvalue weighted by molar-refractivity contribution is 0.130. The smallest absolute Gasteiger partial charge is 0.253 e. The molecule has 7 nitrogen and oxygen atoms in total. The molecule has 7 heteroatoms. The number of aromatic nitrogens is 2. The lowest BCUT2D eigenvalue weighted by Crippen LogP contribution is -1.93. The Morgan fingerprint density at radius 2 is 1.40 bits per heavy atom. The van der Waals surface area contributed by atoms with Crippen LogP contribution in [0.25, 0.3) is 5.69 Å². The van der Waals surface area contributed by atoms with Crippen LogP contribution < -0.4 is 0 Å². The molecule has 2 aromatic rings. The second kappa shape index (κ2) is 2.77. The average Bonchev–Trinajstić information content (AvgIpc) is 2.63. The summed E-state index contributed by atoms with van der Waals surface area (Å²) < 4.78 is 0.968. The number of rotatable bonds is 1. The first-order chi connectivity index (χ1) is 7.02. The van der Waals surface area contributed by atoms with E-state index in [2.05, 4.69) is 0 Å². The van der Waals surface area contributed by atoms with Crippen LogP contribution in [-0.4, -0.2) is 34.9 Å². The summed E-state index contributed by atoms with van der Waals surface area (Å²) in [6.07, 6.45) is 0. The molecule has 15 heavy (non-hydrogen) atoms. The van der Waals surface area contributed by atoms with Crippen LogP contribution in [0.1, 0.15) is 0 Å². The third-order valence-electron chi connectivity index (χ3n) is 1.99. The van der Waals surface area contributed by atoms with Crippen LogP contribution in [0.4, 0.5) is 0 Å². The fraction of sp³-hybridized carbons (Fsp3) is 0. The van der Waals surface area contributed by atoms with Crippen LogP contribution >= 0.6 is 0 Å². The monoisotopic (exact) mass is 212 g/mol. The SMILES string of the molecule is Oc1cc(-n2c(O)ccc2O)c(O)n1O. The van der Waals surface area contributed by atoms with Gasteiger partial charge in [-0.05, 0) is 0 Å². The number of aromatic hydroxyl groups is 4. The molecule has 0 aromatic carbocycles. The largest absolute Gasteiger partial charge is 0.494 e. The van der Waals surface area contributed by atoms with Crippen molar-refractivity contribution < 1.29 is 25.6 Å². The van der Waals surface area contributed by atoms with Gasteiger partial charge in [0, 0.05) is 18.2 Å². The average molecular weight is 212 g/mol. The summed E-state index contributed by atoms with van der Waals surface area (Å²) in [5.41, 5.74) is -0.144. The van der Waals surface area contributed by atoms with Crippen molar-refractivity contribution in [1.29, 1.82) is 0 Å². The molecule has 0 aliphatic rings. The van der Waals surface area contributed by atoms with Crippen LogP contribution in [0.15, 0.2) is 18.2 Å². The second-order valence-corrected chi connectivity index (χ2v) is 2.91. The molecule has 0 fully saturated rings. The molecular formula is C8H8N2O5. The van der Waals surface area contributed by atoms with Gasteiger partial charge in [0.15, 0.2) is 11.8 Å². The molecule has 0 saturated heterocycles. The molecule has 0 bridgehead atoms. The number of hydrogen-bond acceptors (Lipinski definition) is 5. The molecule has 0 aliphatic carbocycles. The van der Waals surface area contributed by atoms with Crippen LogP contribution in [0.3, 0.4) is 0 Å². The summed E-state index contributed by atoms with van der Waals surface area (Å²) in [6.45, 7) is 0. The van der Waals surface area contributed by atoms with Crippen molar-refractivity contribution in [3.8, 4) is 29.2 Å².